The number of imide groups is 1. The molecule has 0 saturated carbocycles. The maximum absolute atomic E-state index is 13.6. The van der Waals surface area contributed by atoms with Crippen LogP contribution in [-0.4, -0.2) is 75.1 Å². The second-order valence-electron chi connectivity index (χ2n) is 11.9. The van der Waals surface area contributed by atoms with Gasteiger partial charge >= 0.3 is 11.9 Å². The average molecular weight is 628 g/mol. The molecular formula is C33H29N3O10. The molecule has 2 amide bonds. The van der Waals surface area contributed by atoms with Crippen molar-refractivity contribution in [1.82, 2.24) is 14.5 Å². The zero-order valence-electron chi connectivity index (χ0n) is 25.0. The van der Waals surface area contributed by atoms with Gasteiger partial charge in [0.15, 0.2) is 12.3 Å². The average Bonchev–Trinajstić information content (AvgIpc) is 3.65. The number of hydrogen-bond acceptors (Lipinski definition) is 10. The quantitative estimate of drug-likeness (QED) is 0.188. The Morgan fingerprint density at radius 1 is 0.848 bits per heavy atom. The number of carbonyl (C=O) groups excluding carboxylic acids is 4. The minimum Gasteiger partial charge on any atom is -0.463 e. The summed E-state index contributed by atoms with van der Waals surface area (Å²) in [7, 11) is 1.46. The lowest BCUT2D eigenvalue weighted by molar-refractivity contribution is -0.241. The van der Waals surface area contributed by atoms with Crippen LogP contribution < -0.4 is 5.32 Å². The van der Waals surface area contributed by atoms with Crippen molar-refractivity contribution < 1.29 is 48.3 Å². The van der Waals surface area contributed by atoms with E-state index in [-0.39, 0.29) is 30.9 Å². The van der Waals surface area contributed by atoms with Gasteiger partial charge in [0.1, 0.15) is 24.9 Å². The second-order valence-corrected chi connectivity index (χ2v) is 11.9. The highest BCUT2D eigenvalue weighted by atomic mass is 16.6. The first-order chi connectivity index (χ1) is 22.2. The Balaban J connectivity index is 1.58. The van der Waals surface area contributed by atoms with Crippen LogP contribution in [0, 0.1) is 0 Å². The number of benzene rings is 3. The van der Waals surface area contributed by atoms with Crippen LogP contribution in [0.5, 0.6) is 0 Å². The van der Waals surface area contributed by atoms with Crippen LogP contribution in [0.4, 0.5) is 0 Å². The number of aromatic nitrogens is 2. The number of hydrogen-bond donors (Lipinski definition) is 3. The first-order valence-corrected chi connectivity index (χ1v) is 14.8. The number of nitrogens with one attached hydrogen (secondary N) is 1. The topological polar surface area (TPSA) is 168 Å². The van der Waals surface area contributed by atoms with Gasteiger partial charge in [-0.3, -0.25) is 24.5 Å². The fourth-order valence-corrected chi connectivity index (χ4v) is 7.74. The molecule has 3 aliphatic heterocycles. The summed E-state index contributed by atoms with van der Waals surface area (Å²) in [5.41, 5.74) is 4.14. The van der Waals surface area contributed by atoms with Gasteiger partial charge in [0.05, 0.1) is 40.9 Å². The molecule has 0 aliphatic carbocycles. The minimum atomic E-state index is -0.959. The highest BCUT2D eigenvalue weighted by Crippen LogP contribution is 2.54. The van der Waals surface area contributed by atoms with Gasteiger partial charge in [0, 0.05) is 48.0 Å². The van der Waals surface area contributed by atoms with Crippen molar-refractivity contribution in [2.24, 2.45) is 0 Å². The van der Waals surface area contributed by atoms with Crippen LogP contribution >= 0.6 is 0 Å². The van der Waals surface area contributed by atoms with E-state index in [2.05, 4.69) is 5.32 Å². The molecule has 5 aromatic rings. The van der Waals surface area contributed by atoms with E-state index in [1.807, 2.05) is 21.3 Å². The molecule has 3 N–H and O–H groups in total. The summed E-state index contributed by atoms with van der Waals surface area (Å²) in [6.45, 7) is 1.90. The number of fused-ring (bicyclic) bond motifs is 12. The second kappa shape index (κ2) is 10.1. The van der Waals surface area contributed by atoms with Crippen LogP contribution in [0.2, 0.25) is 0 Å². The molecule has 236 valence electrons. The number of rotatable bonds is 6. The van der Waals surface area contributed by atoms with Crippen molar-refractivity contribution >= 4 is 67.4 Å². The van der Waals surface area contributed by atoms with E-state index in [4.69, 9.17) is 18.9 Å². The number of esters is 2. The van der Waals surface area contributed by atoms with E-state index >= 15 is 0 Å². The van der Waals surface area contributed by atoms with E-state index < -0.39 is 54.3 Å². The molecule has 5 heterocycles. The van der Waals surface area contributed by atoms with Crippen LogP contribution in [0.1, 0.15) is 58.0 Å². The normalized spacial score (nSPS) is 23.4. The van der Waals surface area contributed by atoms with Crippen molar-refractivity contribution in [2.75, 3.05) is 13.7 Å². The summed E-state index contributed by atoms with van der Waals surface area (Å²) in [6.07, 6.45) is -3.56. The molecule has 1 fully saturated rings. The SMILES string of the molecule is CO[C@H]1[C@H](OC(C)=O)[C@H]2[C@@H](O[C@@H]1COC(C)=O)n1c3ccc(CO)cc3c3c4c(c5c6cc(CO)ccc6n2c5c31)C(=O)NC4=O. The molecule has 5 atom stereocenters. The van der Waals surface area contributed by atoms with Gasteiger partial charge in [-0.25, -0.2) is 0 Å². The summed E-state index contributed by atoms with van der Waals surface area (Å²) in [6, 6.07) is 9.99. The number of ether oxygens (including phenoxy) is 4. The lowest BCUT2D eigenvalue weighted by Gasteiger charge is -2.48. The Labute approximate surface area is 260 Å². The van der Waals surface area contributed by atoms with Gasteiger partial charge in [-0.15, -0.1) is 0 Å². The zero-order chi connectivity index (χ0) is 32.2. The Morgan fingerprint density at radius 3 is 1.93 bits per heavy atom. The van der Waals surface area contributed by atoms with E-state index in [0.29, 0.717) is 54.7 Å². The van der Waals surface area contributed by atoms with E-state index in [1.54, 1.807) is 24.3 Å². The molecule has 3 aromatic carbocycles. The maximum Gasteiger partial charge on any atom is 0.303 e. The van der Waals surface area contributed by atoms with Crippen LogP contribution in [0.15, 0.2) is 36.4 Å². The van der Waals surface area contributed by atoms with Gasteiger partial charge in [-0.2, -0.15) is 0 Å². The highest BCUT2D eigenvalue weighted by molar-refractivity contribution is 6.39. The Hall–Kier alpha value is -4.82. The van der Waals surface area contributed by atoms with E-state index in [9.17, 15) is 29.4 Å². The van der Waals surface area contributed by atoms with Crippen molar-refractivity contribution in [2.45, 2.75) is 57.6 Å². The molecule has 2 aromatic heterocycles. The summed E-state index contributed by atoms with van der Waals surface area (Å²) in [4.78, 5) is 51.7. The first-order valence-electron chi connectivity index (χ1n) is 14.8. The smallest absolute Gasteiger partial charge is 0.303 e. The molecule has 46 heavy (non-hydrogen) atoms. The standard InChI is InChI=1S/C33H29N3O10/c1-13(39)44-12-21-29(43-3)30(45-14(2)40)28-33(46-21)36-20-7-5-16(11-38)9-18(20)23-25-24(31(41)34-32(25)42)22-17-8-15(10-37)4-6-19(17)35(28)26(22)27(23)36/h4-9,21,28-30,33,37-38H,10-12H2,1-3H3,(H,34,41,42)/t21-,28+,29-,30-,33-/m1/s1. The number of nitrogens with zero attached hydrogens (tertiary/aromatic N) is 2. The van der Waals surface area contributed by atoms with Gasteiger partial charge in [-0.1, -0.05) is 12.1 Å². The summed E-state index contributed by atoms with van der Waals surface area (Å²) < 4.78 is 28.0. The Morgan fingerprint density at radius 2 is 1.41 bits per heavy atom. The van der Waals surface area contributed by atoms with Crippen molar-refractivity contribution in [3.8, 4) is 0 Å². The number of methoxy groups -OCH3 is 1. The van der Waals surface area contributed by atoms with Gasteiger partial charge in [0.25, 0.3) is 11.8 Å². The Bertz CT molecular complexity index is 2200. The summed E-state index contributed by atoms with van der Waals surface area (Å²) in [5, 5.41) is 24.9. The van der Waals surface area contributed by atoms with Crippen molar-refractivity contribution in [3.63, 3.8) is 0 Å². The fourth-order valence-electron chi connectivity index (χ4n) is 7.74. The molecule has 0 spiro atoms. The lowest BCUT2D eigenvalue weighted by atomic mass is 9.92. The van der Waals surface area contributed by atoms with Gasteiger partial charge < -0.3 is 38.3 Å². The third kappa shape index (κ3) is 3.70. The Kier molecular flexibility index (Phi) is 6.28. The minimum absolute atomic E-state index is 0.179. The molecule has 0 radical (unpaired) electrons. The maximum atomic E-state index is 13.6. The third-order valence-electron chi connectivity index (χ3n) is 9.37. The van der Waals surface area contributed by atoms with Crippen LogP contribution in [0.3, 0.4) is 0 Å². The largest absolute Gasteiger partial charge is 0.463 e. The molecule has 13 nitrogen and oxygen atoms in total. The van der Waals surface area contributed by atoms with Gasteiger partial charge in [-0.05, 0) is 35.4 Å². The monoisotopic (exact) mass is 627 g/mol. The van der Waals surface area contributed by atoms with Crippen LogP contribution in [0.25, 0.3) is 43.6 Å². The first kappa shape index (κ1) is 28.6. The van der Waals surface area contributed by atoms with Crippen molar-refractivity contribution in [3.05, 3.63) is 58.7 Å². The van der Waals surface area contributed by atoms with Crippen LogP contribution in [-0.2, 0) is 41.8 Å². The molecule has 8 rings (SSSR count). The summed E-state index contributed by atoms with van der Waals surface area (Å²) in [5.74, 6) is -2.18. The summed E-state index contributed by atoms with van der Waals surface area (Å²) >= 11 is 0. The van der Waals surface area contributed by atoms with E-state index in [0.717, 1.165) is 0 Å². The molecule has 13 heteroatoms. The predicted octanol–water partition coefficient (Wildman–Crippen LogP) is 2.73. The fraction of sp³-hybridized carbons (Fsp3) is 0.333. The third-order valence-corrected chi connectivity index (χ3v) is 9.37. The number of aliphatic hydroxyl groups is 2. The molecular weight excluding hydrogens is 598 g/mol. The lowest BCUT2D eigenvalue weighted by Crippen LogP contribution is -2.57. The molecule has 1 saturated heterocycles. The molecule has 3 aliphatic rings. The number of carbonyl (C=O) groups is 4. The number of aliphatic hydroxyl groups excluding tert-OH is 2. The van der Waals surface area contributed by atoms with Crippen molar-refractivity contribution in [1.29, 1.82) is 0 Å². The predicted molar refractivity (Wildman–Crippen MR) is 162 cm³/mol. The molecule has 0 bridgehead atoms. The van der Waals surface area contributed by atoms with Gasteiger partial charge in [0.2, 0.25) is 0 Å². The highest BCUT2D eigenvalue weighted by Gasteiger charge is 2.54. The molecule has 0 unspecified atom stereocenters. The number of amides is 2. The zero-order valence-corrected chi connectivity index (χ0v) is 25.0. The van der Waals surface area contributed by atoms with E-state index in [1.165, 1.54) is 21.0 Å².